The number of aromatic nitrogens is 12. The maximum atomic E-state index is 12.5. The van der Waals surface area contributed by atoms with Gasteiger partial charge in [0.15, 0.2) is 12.6 Å². The molecule has 0 saturated carbocycles. The number of carbonyl (C=O) groups is 2. The summed E-state index contributed by atoms with van der Waals surface area (Å²) in [6.45, 7) is 13.5. The molecule has 1 aliphatic rings. The van der Waals surface area contributed by atoms with Crippen LogP contribution in [0, 0.1) is 5.82 Å². The van der Waals surface area contributed by atoms with Gasteiger partial charge in [-0.3, -0.25) is 14.6 Å². The lowest BCUT2D eigenvalue weighted by molar-refractivity contribution is 0.111. The largest absolute Gasteiger partial charge is 0.397 e. The number of nitrogen functional groups attached to an aromatic ring is 3. The van der Waals surface area contributed by atoms with Gasteiger partial charge in [0.1, 0.15) is 43.3 Å². The maximum Gasteiger partial charge on any atom is 0.219 e. The second-order valence-electron chi connectivity index (χ2n) is 19.2. The van der Waals surface area contributed by atoms with Gasteiger partial charge in [-0.1, -0.05) is 54.4 Å². The number of nitrogens with zero attached hydrogens (tertiary/aromatic N) is 14. The summed E-state index contributed by atoms with van der Waals surface area (Å²) in [5.74, 6) is 0.753. The molecule has 11 rings (SSSR count). The molecule has 0 aliphatic carbocycles. The standard InChI is InChI=1S/C23H21ClN8.C14H19N5.C9H6ClN3O.C7H4ClFO.C3H4N2.CH4/c1-23(2,3)32-19-7-4-14(15-10-27-22(25)28-11-15)8-18(19)30-21(32)17-6-5-16(24)9-20(17)31-13-26-12-29-31;1-14(2,3)19-12-5-4-9(6-11(12)15)10-7-17-13(16)18-8-10;10-8-2-1-7(4-14)9(3-8)13-6-11-5-12-13;8-6-2-1-5(4-10)7(9)3-6;1-2-5-3-4-1;/h4-13H,1-3H3,(H2,25,27,28);4-8,19H,15H2,1-3H3,(H2,16,17,18);1-6H;1-4H;1,3H,2H2;1H4. The van der Waals surface area contributed by atoms with Crippen LogP contribution in [-0.2, 0) is 5.54 Å². The van der Waals surface area contributed by atoms with Gasteiger partial charge in [-0.2, -0.15) is 10.2 Å². The van der Waals surface area contributed by atoms with Crippen molar-refractivity contribution in [3.05, 3.63) is 173 Å². The lowest BCUT2D eigenvalue weighted by atomic mass is 10.0. The van der Waals surface area contributed by atoms with Gasteiger partial charge in [0.05, 0.1) is 45.9 Å². The van der Waals surface area contributed by atoms with E-state index in [4.69, 9.17) is 57.0 Å². The molecule has 0 amide bonds. The summed E-state index contributed by atoms with van der Waals surface area (Å²) in [4.78, 5) is 57.3. The molecular formula is C57H58Cl3FN18O2. The Labute approximate surface area is 482 Å². The first kappa shape index (κ1) is 60.9. The summed E-state index contributed by atoms with van der Waals surface area (Å²) in [5.41, 5.74) is 27.0. The topological polar surface area (TPSA) is 280 Å². The fourth-order valence-electron chi connectivity index (χ4n) is 7.55. The zero-order chi connectivity index (χ0) is 57.6. The molecule has 0 saturated heterocycles. The maximum absolute atomic E-state index is 12.5. The molecule has 7 N–H and O–H groups in total. The third-order valence-corrected chi connectivity index (χ3v) is 11.8. The zero-order valence-corrected chi connectivity index (χ0v) is 46.4. The molecule has 81 heavy (non-hydrogen) atoms. The first-order valence-electron chi connectivity index (χ1n) is 24.2. The van der Waals surface area contributed by atoms with E-state index in [-0.39, 0.29) is 36.0 Å². The number of hydrogen-bond acceptors (Lipinski definition) is 17. The average Bonchev–Trinajstić information content (AvgIpc) is 4.38. The second-order valence-corrected chi connectivity index (χ2v) is 20.5. The van der Waals surface area contributed by atoms with Crippen LogP contribution in [0.5, 0.6) is 0 Å². The van der Waals surface area contributed by atoms with Gasteiger partial charge in [0.25, 0.3) is 0 Å². The van der Waals surface area contributed by atoms with E-state index >= 15 is 0 Å². The molecule has 24 heteroatoms. The number of aliphatic imine (C=N–C) groups is 2. The number of hydrogen-bond donors (Lipinski definition) is 4. The van der Waals surface area contributed by atoms with E-state index in [0.717, 1.165) is 74.9 Å². The van der Waals surface area contributed by atoms with E-state index in [9.17, 15) is 14.0 Å². The highest BCUT2D eigenvalue weighted by molar-refractivity contribution is 6.31. The predicted octanol–water partition coefficient (Wildman–Crippen LogP) is 12.0. The molecule has 0 atom stereocenters. The molecule has 20 nitrogen and oxygen atoms in total. The Bertz CT molecular complexity index is 3760. The Morgan fingerprint density at radius 3 is 1.64 bits per heavy atom. The van der Waals surface area contributed by atoms with Gasteiger partial charge in [0, 0.05) is 79.4 Å². The lowest BCUT2D eigenvalue weighted by Crippen LogP contribution is -2.26. The number of nitrogens with two attached hydrogens (primary N) is 3. The number of benzene rings is 5. The Hall–Kier alpha value is -9.31. The second kappa shape index (κ2) is 27.5. The minimum absolute atomic E-state index is 0. The van der Waals surface area contributed by atoms with Gasteiger partial charge >= 0.3 is 0 Å². The third-order valence-electron chi connectivity index (χ3n) is 11.1. The summed E-state index contributed by atoms with van der Waals surface area (Å²) in [7, 11) is 0. The molecule has 5 aromatic carbocycles. The Kier molecular flexibility index (Phi) is 20.7. The van der Waals surface area contributed by atoms with Crippen LogP contribution >= 0.6 is 34.8 Å². The van der Waals surface area contributed by atoms with E-state index < -0.39 is 5.82 Å². The summed E-state index contributed by atoms with van der Waals surface area (Å²) >= 11 is 17.6. The number of nitrogens with one attached hydrogen (secondary N) is 1. The van der Waals surface area contributed by atoms with E-state index in [1.54, 1.807) is 66.5 Å². The van der Waals surface area contributed by atoms with Gasteiger partial charge < -0.3 is 27.1 Å². The van der Waals surface area contributed by atoms with Gasteiger partial charge in [-0.25, -0.2) is 53.6 Å². The number of carbonyl (C=O) groups excluding carboxylic acids is 2. The van der Waals surface area contributed by atoms with Crippen LogP contribution in [0.1, 0.15) is 69.7 Å². The zero-order valence-electron chi connectivity index (χ0n) is 44.1. The molecule has 0 unspecified atom stereocenters. The van der Waals surface area contributed by atoms with Gasteiger partial charge in [-0.15, -0.1) is 0 Å². The predicted molar refractivity (Wildman–Crippen MR) is 322 cm³/mol. The summed E-state index contributed by atoms with van der Waals surface area (Å²) in [6, 6.07) is 26.6. The molecular weight excluding hydrogens is 1090 g/mol. The lowest BCUT2D eigenvalue weighted by Gasteiger charge is -2.25. The summed E-state index contributed by atoms with van der Waals surface area (Å²) < 4.78 is 18.0. The molecule has 0 bridgehead atoms. The highest BCUT2D eigenvalue weighted by atomic mass is 35.5. The van der Waals surface area contributed by atoms with E-state index in [0.29, 0.717) is 38.3 Å². The molecule has 0 fully saturated rings. The van der Waals surface area contributed by atoms with Gasteiger partial charge in [-0.05, 0) is 132 Å². The first-order chi connectivity index (χ1) is 38.2. The van der Waals surface area contributed by atoms with Crippen LogP contribution in [0.4, 0.5) is 27.7 Å². The fourth-order valence-corrected chi connectivity index (χ4v) is 8.04. The van der Waals surface area contributed by atoms with Crippen molar-refractivity contribution < 1.29 is 14.0 Å². The minimum atomic E-state index is -0.581. The molecule has 6 heterocycles. The van der Waals surface area contributed by atoms with Crippen molar-refractivity contribution in [1.82, 2.24) is 59.0 Å². The van der Waals surface area contributed by atoms with Crippen LogP contribution in [0.15, 0.2) is 151 Å². The Balaban J connectivity index is 0.000000183. The molecule has 5 aromatic heterocycles. The number of fused-ring (bicyclic) bond motifs is 1. The van der Waals surface area contributed by atoms with E-state index in [1.165, 1.54) is 35.8 Å². The molecule has 0 radical (unpaired) electrons. The van der Waals surface area contributed by atoms with Crippen LogP contribution in [0.25, 0.3) is 56.0 Å². The van der Waals surface area contributed by atoms with Crippen LogP contribution in [0.3, 0.4) is 0 Å². The minimum Gasteiger partial charge on any atom is -0.397 e. The highest BCUT2D eigenvalue weighted by Crippen LogP contribution is 2.37. The normalized spacial score (nSPS) is 11.3. The number of aldehydes is 2. The average molecular weight is 1150 g/mol. The van der Waals surface area contributed by atoms with Crippen molar-refractivity contribution in [1.29, 1.82) is 0 Å². The van der Waals surface area contributed by atoms with E-state index in [1.807, 2.05) is 48.5 Å². The Morgan fingerprint density at radius 1 is 0.630 bits per heavy atom. The fraction of sp³-hybridized carbons (Fsp3) is 0.175. The molecule has 10 aromatic rings. The quantitative estimate of drug-likeness (QED) is 0.0813. The monoisotopic (exact) mass is 1150 g/mol. The Morgan fingerprint density at radius 2 is 1.16 bits per heavy atom. The van der Waals surface area contributed by atoms with Crippen molar-refractivity contribution in [3.8, 4) is 45.0 Å². The number of imidazole rings is 1. The summed E-state index contributed by atoms with van der Waals surface area (Å²) in [5, 5.41) is 13.1. The van der Waals surface area contributed by atoms with Crippen molar-refractivity contribution in [2.45, 2.75) is 60.0 Å². The van der Waals surface area contributed by atoms with Crippen LogP contribution < -0.4 is 22.5 Å². The first-order valence-corrected chi connectivity index (χ1v) is 25.4. The highest BCUT2D eigenvalue weighted by Gasteiger charge is 2.25. The van der Waals surface area contributed by atoms with Crippen molar-refractivity contribution >= 4 is 94.2 Å². The third kappa shape index (κ3) is 16.6. The molecule has 0 spiro atoms. The smallest absolute Gasteiger partial charge is 0.219 e. The van der Waals surface area contributed by atoms with E-state index in [2.05, 4.69) is 108 Å². The van der Waals surface area contributed by atoms with Crippen molar-refractivity contribution in [2.24, 2.45) is 9.98 Å². The SMILES string of the molecule is C.C1=NC=NC1.CC(C)(C)Nc1ccc(-c2cnc(N)nc2)cc1N.CC(C)(C)n1c(-c2ccc(Cl)cc2-n2cncn2)nc2cc(-c3cnc(N)nc3)ccc21.O=Cc1ccc(Cl)cc1-n1cncn1.O=Cc1ccc(Cl)cc1F. The van der Waals surface area contributed by atoms with Crippen LogP contribution in [-0.4, -0.2) is 96.2 Å². The number of rotatable bonds is 8. The van der Waals surface area contributed by atoms with Crippen molar-refractivity contribution in [3.63, 3.8) is 0 Å². The van der Waals surface area contributed by atoms with Crippen LogP contribution in [0.2, 0.25) is 15.1 Å². The summed E-state index contributed by atoms with van der Waals surface area (Å²) in [6.07, 6.45) is 17.4. The molecule has 416 valence electrons. The molecule has 1 aliphatic heterocycles. The number of anilines is 4. The van der Waals surface area contributed by atoms with Gasteiger partial charge in [0.2, 0.25) is 11.9 Å². The number of halogens is 4. The van der Waals surface area contributed by atoms with Crippen molar-refractivity contribution in [2.75, 3.05) is 29.1 Å².